The molecule has 0 spiro atoms. The van der Waals surface area contributed by atoms with Crippen molar-refractivity contribution in [2.24, 2.45) is 4.40 Å². The van der Waals surface area contributed by atoms with Crippen LogP contribution in [0.25, 0.3) is 11.1 Å². The molecule has 0 bridgehead atoms. The molecule has 0 atom stereocenters. The summed E-state index contributed by atoms with van der Waals surface area (Å²) in [7, 11) is -3.88. The summed E-state index contributed by atoms with van der Waals surface area (Å²) in [6.07, 6.45) is 5.15. The van der Waals surface area contributed by atoms with Crippen molar-refractivity contribution in [1.29, 1.82) is 0 Å². The van der Waals surface area contributed by atoms with Crippen molar-refractivity contribution < 1.29 is 18.6 Å². The second-order valence-corrected chi connectivity index (χ2v) is 6.90. The van der Waals surface area contributed by atoms with Gasteiger partial charge in [-0.25, -0.2) is 0 Å². The first-order chi connectivity index (χ1) is 12.0. The minimum atomic E-state index is -3.88. The molecular weight excluding hydrogens is 338 g/mol. The van der Waals surface area contributed by atoms with Gasteiger partial charge in [0.15, 0.2) is 0 Å². The average Bonchev–Trinajstić information content (AvgIpc) is 2.63. The Kier molecular flexibility index (Phi) is 4.54. The van der Waals surface area contributed by atoms with E-state index in [9.17, 15) is 18.6 Å². The van der Waals surface area contributed by atoms with E-state index in [0.717, 1.165) is 11.1 Å². The fourth-order valence-electron chi connectivity index (χ4n) is 2.30. The highest BCUT2D eigenvalue weighted by atomic mass is 32.2. The molecule has 5 nitrogen and oxygen atoms in total. The van der Waals surface area contributed by atoms with E-state index in [1.54, 1.807) is 12.1 Å². The minimum absolute atomic E-state index is 0.0384. The minimum Gasteiger partial charge on any atom is -0.884 e. The van der Waals surface area contributed by atoms with Crippen LogP contribution in [0.4, 0.5) is 0 Å². The van der Waals surface area contributed by atoms with E-state index in [2.05, 4.69) is 4.40 Å². The van der Waals surface area contributed by atoms with E-state index in [-0.39, 0.29) is 16.2 Å². The van der Waals surface area contributed by atoms with Crippen molar-refractivity contribution >= 4 is 15.7 Å². The van der Waals surface area contributed by atoms with Crippen molar-refractivity contribution in [2.75, 3.05) is 0 Å². The summed E-state index contributed by atoms with van der Waals surface area (Å²) in [5.41, 5.74) is 2.00. The van der Waals surface area contributed by atoms with E-state index < -0.39 is 16.0 Å². The Morgan fingerprint density at radius 2 is 1.32 bits per heavy atom. The molecule has 126 valence electrons. The molecule has 0 fully saturated rings. The highest BCUT2D eigenvalue weighted by Gasteiger charge is 2.13. The molecule has 0 radical (unpaired) electrons. The van der Waals surface area contributed by atoms with E-state index in [1.807, 2.05) is 30.3 Å². The highest BCUT2D eigenvalue weighted by molar-refractivity contribution is 7.90. The van der Waals surface area contributed by atoms with Gasteiger partial charge in [0.05, 0.1) is 10.6 Å². The molecule has 0 aliphatic heterocycles. The number of rotatable bonds is 3. The first-order valence-electron chi connectivity index (χ1n) is 7.41. The summed E-state index contributed by atoms with van der Waals surface area (Å²) in [6, 6.07) is 16.0. The molecule has 3 rings (SSSR count). The van der Waals surface area contributed by atoms with Crippen LogP contribution in [-0.2, 0) is 10.0 Å². The molecule has 2 aromatic carbocycles. The second-order valence-electron chi connectivity index (χ2n) is 5.29. The normalized spacial score (nSPS) is 13.8. The predicted molar refractivity (Wildman–Crippen MR) is 91.8 cm³/mol. The summed E-state index contributed by atoms with van der Waals surface area (Å²) >= 11 is 0. The van der Waals surface area contributed by atoms with Crippen LogP contribution in [-0.4, -0.2) is 14.1 Å². The SMILES string of the molecule is O=S(=O)(N=C1C=CC(=C([O-])[O-])C=C1)c1ccc(-c2ccccc2)cc1. The number of benzene rings is 2. The molecule has 0 heterocycles. The van der Waals surface area contributed by atoms with Gasteiger partial charge >= 0.3 is 0 Å². The van der Waals surface area contributed by atoms with Crippen molar-refractivity contribution in [3.8, 4) is 11.1 Å². The lowest BCUT2D eigenvalue weighted by molar-refractivity contribution is -0.514. The molecular formula is C19H13NO4S-2. The van der Waals surface area contributed by atoms with Crippen molar-refractivity contribution in [2.45, 2.75) is 4.90 Å². The average molecular weight is 351 g/mol. The zero-order chi connectivity index (χ0) is 17.9. The zero-order valence-electron chi connectivity index (χ0n) is 13.0. The molecule has 0 N–H and O–H groups in total. The first-order valence-corrected chi connectivity index (χ1v) is 8.85. The summed E-state index contributed by atoms with van der Waals surface area (Å²) in [4.78, 5) is 0.0659. The smallest absolute Gasteiger partial charge is 0.282 e. The Hall–Kier alpha value is -3.12. The van der Waals surface area contributed by atoms with Crippen molar-refractivity contribution in [3.63, 3.8) is 0 Å². The van der Waals surface area contributed by atoms with Gasteiger partial charge < -0.3 is 10.2 Å². The van der Waals surface area contributed by atoms with Crippen LogP contribution in [0.3, 0.4) is 0 Å². The van der Waals surface area contributed by atoms with Crippen molar-refractivity contribution in [1.82, 2.24) is 0 Å². The van der Waals surface area contributed by atoms with Crippen LogP contribution in [0.5, 0.6) is 0 Å². The van der Waals surface area contributed by atoms with E-state index in [4.69, 9.17) is 0 Å². The van der Waals surface area contributed by atoms with Gasteiger partial charge in [-0.05, 0) is 41.0 Å². The lowest BCUT2D eigenvalue weighted by atomic mass is 10.1. The van der Waals surface area contributed by atoms with Gasteiger partial charge in [0, 0.05) is 0 Å². The maximum atomic E-state index is 12.4. The Morgan fingerprint density at radius 3 is 1.88 bits per heavy atom. The Balaban J connectivity index is 1.87. The molecule has 0 saturated heterocycles. The number of nitrogens with zero attached hydrogens (tertiary/aromatic N) is 1. The number of allylic oxidation sites excluding steroid dienone is 5. The van der Waals surface area contributed by atoms with Gasteiger partial charge in [-0.15, -0.1) is 0 Å². The molecule has 0 aromatic heterocycles. The Labute approximate surface area is 145 Å². The second kappa shape index (κ2) is 6.78. The highest BCUT2D eigenvalue weighted by Crippen LogP contribution is 2.22. The van der Waals surface area contributed by atoms with Crippen LogP contribution in [0.15, 0.2) is 99.7 Å². The van der Waals surface area contributed by atoms with Crippen LogP contribution in [0, 0.1) is 0 Å². The maximum Gasteiger partial charge on any atom is 0.282 e. The van der Waals surface area contributed by atoms with Gasteiger partial charge in [0.25, 0.3) is 10.0 Å². The summed E-state index contributed by atoms with van der Waals surface area (Å²) in [5, 5.41) is 21.4. The Bertz CT molecular complexity index is 977. The van der Waals surface area contributed by atoms with Crippen LogP contribution >= 0.6 is 0 Å². The van der Waals surface area contributed by atoms with Crippen molar-refractivity contribution in [3.05, 3.63) is 90.4 Å². The predicted octanol–water partition coefficient (Wildman–Crippen LogP) is 1.54. The van der Waals surface area contributed by atoms with E-state index in [1.165, 1.54) is 36.4 Å². The van der Waals surface area contributed by atoms with E-state index >= 15 is 0 Å². The van der Waals surface area contributed by atoms with Crippen LogP contribution < -0.4 is 10.2 Å². The number of sulfonamides is 1. The lowest BCUT2D eigenvalue weighted by Gasteiger charge is -2.21. The molecule has 0 unspecified atom stereocenters. The monoisotopic (exact) mass is 351 g/mol. The van der Waals surface area contributed by atoms with Crippen LogP contribution in [0.1, 0.15) is 0 Å². The molecule has 25 heavy (non-hydrogen) atoms. The molecule has 1 aliphatic rings. The summed E-state index contributed by atoms with van der Waals surface area (Å²) in [6.45, 7) is 0. The van der Waals surface area contributed by atoms with Crippen LogP contribution in [0.2, 0.25) is 0 Å². The van der Waals surface area contributed by atoms with Gasteiger partial charge in [0.2, 0.25) is 0 Å². The fourth-order valence-corrected chi connectivity index (χ4v) is 3.28. The lowest BCUT2D eigenvalue weighted by Crippen LogP contribution is -2.20. The third-order valence-corrected chi connectivity index (χ3v) is 4.91. The molecule has 1 aliphatic carbocycles. The van der Waals surface area contributed by atoms with Gasteiger partial charge in [-0.2, -0.15) is 18.8 Å². The largest absolute Gasteiger partial charge is 0.884 e. The standard InChI is InChI=1S/C19H15NO4S/c21-19(22)16-6-10-17(11-7-16)20-25(23,24)18-12-8-15(9-13-18)14-4-2-1-3-5-14/h1-13,21-22H/p-2. The van der Waals surface area contributed by atoms with Gasteiger partial charge in [0.1, 0.15) is 0 Å². The first kappa shape index (κ1) is 16.7. The third-order valence-electron chi connectivity index (χ3n) is 3.59. The summed E-state index contributed by atoms with van der Waals surface area (Å²) in [5.74, 6) is -1.33. The van der Waals surface area contributed by atoms with E-state index in [0.29, 0.717) is 0 Å². The fraction of sp³-hybridized carbons (Fsp3) is 0. The number of hydrogen-bond donors (Lipinski definition) is 0. The maximum absolute atomic E-state index is 12.4. The quantitative estimate of drug-likeness (QED) is 0.784. The number of hydrogen-bond acceptors (Lipinski definition) is 4. The van der Waals surface area contributed by atoms with Gasteiger partial charge in [-0.3, -0.25) is 0 Å². The molecule has 0 saturated carbocycles. The van der Waals surface area contributed by atoms with Gasteiger partial charge in [-0.1, -0.05) is 54.6 Å². The molecule has 0 amide bonds. The zero-order valence-corrected chi connectivity index (χ0v) is 13.8. The summed E-state index contributed by atoms with van der Waals surface area (Å²) < 4.78 is 28.5. The Morgan fingerprint density at radius 1 is 0.760 bits per heavy atom. The third kappa shape index (κ3) is 3.87. The molecule has 2 aromatic rings. The molecule has 6 heteroatoms. The topological polar surface area (TPSA) is 92.6 Å².